The standard InChI is InChI=1S/C12H18N4O2/c1-8-6-14-11(5-10(8)13)16-4-3-9(7-16)15-12(17)18-2/h5-6,9H,3-4,7H2,1-2H3,(H2,13,14)(H,15,17). The van der Waals surface area contributed by atoms with E-state index in [0.29, 0.717) is 0 Å². The van der Waals surface area contributed by atoms with Crippen LogP contribution < -0.4 is 16.0 Å². The predicted octanol–water partition coefficient (Wildman–Crippen LogP) is 0.907. The molecule has 1 fully saturated rings. The Kier molecular flexibility index (Phi) is 3.55. The Morgan fingerprint density at radius 1 is 1.67 bits per heavy atom. The quantitative estimate of drug-likeness (QED) is 0.815. The van der Waals surface area contributed by atoms with E-state index in [-0.39, 0.29) is 6.04 Å². The van der Waals surface area contributed by atoms with Gasteiger partial charge >= 0.3 is 6.09 Å². The smallest absolute Gasteiger partial charge is 0.407 e. The maximum absolute atomic E-state index is 11.1. The van der Waals surface area contributed by atoms with E-state index in [2.05, 4.69) is 19.9 Å². The maximum atomic E-state index is 11.1. The maximum Gasteiger partial charge on any atom is 0.407 e. The highest BCUT2D eigenvalue weighted by atomic mass is 16.5. The summed E-state index contributed by atoms with van der Waals surface area (Å²) in [7, 11) is 1.37. The van der Waals surface area contributed by atoms with Crippen LogP contribution in [0.1, 0.15) is 12.0 Å². The summed E-state index contributed by atoms with van der Waals surface area (Å²) in [4.78, 5) is 17.6. The number of nitrogen functional groups attached to an aromatic ring is 1. The monoisotopic (exact) mass is 250 g/mol. The van der Waals surface area contributed by atoms with Crippen molar-refractivity contribution in [2.24, 2.45) is 0 Å². The van der Waals surface area contributed by atoms with Gasteiger partial charge < -0.3 is 20.7 Å². The van der Waals surface area contributed by atoms with Gasteiger partial charge in [0, 0.05) is 31.0 Å². The molecule has 6 nitrogen and oxygen atoms in total. The fraction of sp³-hybridized carbons (Fsp3) is 0.500. The minimum absolute atomic E-state index is 0.0989. The molecule has 1 aromatic rings. The van der Waals surface area contributed by atoms with Crippen molar-refractivity contribution in [2.75, 3.05) is 30.8 Å². The number of nitrogens with one attached hydrogen (secondary N) is 1. The zero-order valence-corrected chi connectivity index (χ0v) is 10.6. The zero-order chi connectivity index (χ0) is 13.1. The number of anilines is 2. The van der Waals surface area contributed by atoms with Gasteiger partial charge in [-0.05, 0) is 18.9 Å². The van der Waals surface area contributed by atoms with Gasteiger partial charge in [-0.3, -0.25) is 0 Å². The first-order chi connectivity index (χ1) is 8.60. The van der Waals surface area contributed by atoms with Gasteiger partial charge in [-0.2, -0.15) is 0 Å². The highest BCUT2D eigenvalue weighted by Crippen LogP contribution is 2.21. The van der Waals surface area contributed by atoms with Crippen LogP contribution in [0, 0.1) is 6.92 Å². The minimum atomic E-state index is -0.391. The molecule has 0 aliphatic carbocycles. The largest absolute Gasteiger partial charge is 0.453 e. The molecule has 1 aromatic heterocycles. The molecule has 0 bridgehead atoms. The van der Waals surface area contributed by atoms with Crippen molar-refractivity contribution in [3.63, 3.8) is 0 Å². The minimum Gasteiger partial charge on any atom is -0.453 e. The van der Waals surface area contributed by atoms with Crippen LogP contribution in [0.3, 0.4) is 0 Å². The summed E-state index contributed by atoms with van der Waals surface area (Å²) >= 11 is 0. The van der Waals surface area contributed by atoms with Gasteiger partial charge in [-0.1, -0.05) is 0 Å². The van der Waals surface area contributed by atoms with Crippen LogP contribution in [-0.4, -0.2) is 37.3 Å². The third-order valence-corrected chi connectivity index (χ3v) is 3.15. The first kappa shape index (κ1) is 12.5. The van der Waals surface area contributed by atoms with E-state index in [9.17, 15) is 4.79 Å². The molecule has 3 N–H and O–H groups in total. The fourth-order valence-corrected chi connectivity index (χ4v) is 2.01. The molecule has 1 aliphatic rings. The van der Waals surface area contributed by atoms with Crippen molar-refractivity contribution in [1.82, 2.24) is 10.3 Å². The van der Waals surface area contributed by atoms with Crippen molar-refractivity contribution >= 4 is 17.6 Å². The lowest BCUT2D eigenvalue weighted by molar-refractivity contribution is 0.167. The predicted molar refractivity (Wildman–Crippen MR) is 69.5 cm³/mol. The number of carbonyl (C=O) groups is 1. The molecule has 0 radical (unpaired) electrons. The lowest BCUT2D eigenvalue weighted by Gasteiger charge is -2.18. The van der Waals surface area contributed by atoms with Crippen LogP contribution in [-0.2, 0) is 4.74 Å². The molecular formula is C12H18N4O2. The zero-order valence-electron chi connectivity index (χ0n) is 10.6. The van der Waals surface area contributed by atoms with E-state index in [4.69, 9.17) is 5.73 Å². The molecule has 0 aromatic carbocycles. The Hall–Kier alpha value is -1.98. The molecule has 1 atom stereocenters. The average molecular weight is 250 g/mol. The summed E-state index contributed by atoms with van der Waals surface area (Å²) in [5.74, 6) is 0.854. The van der Waals surface area contributed by atoms with Gasteiger partial charge in [0.25, 0.3) is 0 Å². The van der Waals surface area contributed by atoms with E-state index in [0.717, 1.165) is 36.6 Å². The summed E-state index contributed by atoms with van der Waals surface area (Å²) in [5.41, 5.74) is 7.58. The van der Waals surface area contributed by atoms with Gasteiger partial charge in [0.05, 0.1) is 13.2 Å². The number of amides is 1. The SMILES string of the molecule is COC(=O)NC1CCN(c2cc(N)c(C)cn2)C1. The van der Waals surface area contributed by atoms with Crippen molar-refractivity contribution < 1.29 is 9.53 Å². The number of aryl methyl sites for hydroxylation is 1. The van der Waals surface area contributed by atoms with Gasteiger partial charge in [-0.15, -0.1) is 0 Å². The number of aromatic nitrogens is 1. The summed E-state index contributed by atoms with van der Waals surface area (Å²) in [6, 6.07) is 1.97. The highest BCUT2D eigenvalue weighted by molar-refractivity contribution is 5.67. The second-order valence-electron chi connectivity index (χ2n) is 4.47. The number of hydrogen-bond donors (Lipinski definition) is 2. The number of alkyl carbamates (subject to hydrolysis) is 1. The van der Waals surface area contributed by atoms with Gasteiger partial charge in [0.1, 0.15) is 5.82 Å². The molecule has 6 heteroatoms. The Balaban J connectivity index is 1.99. The second kappa shape index (κ2) is 5.12. The topological polar surface area (TPSA) is 80.5 Å². The molecule has 0 spiro atoms. The number of carbonyl (C=O) groups excluding carboxylic acids is 1. The molecule has 2 rings (SSSR count). The van der Waals surface area contributed by atoms with Crippen molar-refractivity contribution in [1.29, 1.82) is 0 Å². The number of nitrogens with zero attached hydrogens (tertiary/aromatic N) is 2. The number of ether oxygens (including phenoxy) is 1. The van der Waals surface area contributed by atoms with Crippen LogP contribution in [0.4, 0.5) is 16.3 Å². The van der Waals surface area contributed by atoms with Crippen LogP contribution in [0.15, 0.2) is 12.3 Å². The van der Waals surface area contributed by atoms with Crippen LogP contribution >= 0.6 is 0 Å². The summed E-state index contributed by atoms with van der Waals surface area (Å²) in [6.45, 7) is 3.51. The van der Waals surface area contributed by atoms with Crippen molar-refractivity contribution in [2.45, 2.75) is 19.4 Å². The fourth-order valence-electron chi connectivity index (χ4n) is 2.01. The third-order valence-electron chi connectivity index (χ3n) is 3.15. The Bertz CT molecular complexity index is 450. The number of hydrogen-bond acceptors (Lipinski definition) is 5. The highest BCUT2D eigenvalue weighted by Gasteiger charge is 2.25. The molecular weight excluding hydrogens is 232 g/mol. The lowest BCUT2D eigenvalue weighted by atomic mass is 10.2. The lowest BCUT2D eigenvalue weighted by Crippen LogP contribution is -2.37. The molecule has 0 saturated carbocycles. The first-order valence-electron chi connectivity index (χ1n) is 5.91. The Morgan fingerprint density at radius 2 is 2.44 bits per heavy atom. The van der Waals surface area contributed by atoms with Crippen molar-refractivity contribution in [3.05, 3.63) is 17.8 Å². The Morgan fingerprint density at radius 3 is 3.11 bits per heavy atom. The van der Waals surface area contributed by atoms with E-state index in [1.165, 1.54) is 7.11 Å². The number of pyridine rings is 1. The van der Waals surface area contributed by atoms with E-state index in [1.807, 2.05) is 13.0 Å². The molecule has 1 aliphatic heterocycles. The summed E-state index contributed by atoms with van der Waals surface area (Å²) in [6.07, 6.45) is 2.26. The van der Waals surface area contributed by atoms with Crippen LogP contribution in [0.25, 0.3) is 0 Å². The van der Waals surface area contributed by atoms with Gasteiger partial charge in [0.15, 0.2) is 0 Å². The number of rotatable bonds is 2. The van der Waals surface area contributed by atoms with E-state index >= 15 is 0 Å². The van der Waals surface area contributed by atoms with Crippen LogP contribution in [0.5, 0.6) is 0 Å². The average Bonchev–Trinajstić information content (AvgIpc) is 2.81. The van der Waals surface area contributed by atoms with Crippen molar-refractivity contribution in [3.8, 4) is 0 Å². The molecule has 1 saturated heterocycles. The normalized spacial score (nSPS) is 18.8. The summed E-state index contributed by atoms with van der Waals surface area (Å²) < 4.78 is 4.58. The Labute approximate surface area is 106 Å². The molecule has 18 heavy (non-hydrogen) atoms. The van der Waals surface area contributed by atoms with Gasteiger partial charge in [-0.25, -0.2) is 9.78 Å². The third kappa shape index (κ3) is 2.64. The molecule has 1 unspecified atom stereocenters. The molecule has 98 valence electrons. The molecule has 1 amide bonds. The number of nitrogens with two attached hydrogens (primary N) is 1. The first-order valence-corrected chi connectivity index (χ1v) is 5.91. The summed E-state index contributed by atoms with van der Waals surface area (Å²) in [5, 5.41) is 2.79. The van der Waals surface area contributed by atoms with Crippen LogP contribution in [0.2, 0.25) is 0 Å². The molecule has 2 heterocycles. The van der Waals surface area contributed by atoms with E-state index in [1.54, 1.807) is 6.20 Å². The van der Waals surface area contributed by atoms with E-state index < -0.39 is 6.09 Å². The number of methoxy groups -OCH3 is 1. The van der Waals surface area contributed by atoms with Gasteiger partial charge in [0.2, 0.25) is 0 Å². The second-order valence-corrected chi connectivity index (χ2v) is 4.47.